The van der Waals surface area contributed by atoms with E-state index in [0.717, 1.165) is 33.4 Å². The molecule has 4 nitrogen and oxygen atoms in total. The van der Waals surface area contributed by atoms with Crippen molar-refractivity contribution < 1.29 is 0 Å². The Balaban J connectivity index is 1.31. The van der Waals surface area contributed by atoms with Crippen molar-refractivity contribution in [3.63, 3.8) is 0 Å². The fourth-order valence-electron chi connectivity index (χ4n) is 5.63. The molecule has 0 aliphatic heterocycles. The maximum Gasteiger partial charge on any atom is 0.159 e. The van der Waals surface area contributed by atoms with Crippen LogP contribution in [0.4, 0.5) is 0 Å². The lowest BCUT2D eigenvalue weighted by Crippen LogP contribution is -1.96. The van der Waals surface area contributed by atoms with E-state index in [-0.39, 0.29) is 0 Å². The van der Waals surface area contributed by atoms with Crippen molar-refractivity contribution in [3.05, 3.63) is 128 Å². The fourth-order valence-corrected chi connectivity index (χ4v) is 5.63. The number of aromatic nitrogens is 4. The highest BCUT2D eigenvalue weighted by atomic mass is 15.0. The van der Waals surface area contributed by atoms with Gasteiger partial charge in [0.2, 0.25) is 0 Å². The van der Waals surface area contributed by atoms with Crippen LogP contribution in [-0.4, -0.2) is 19.5 Å². The molecule has 0 fully saturated rings. The lowest BCUT2D eigenvalue weighted by Gasteiger charge is -2.10. The van der Waals surface area contributed by atoms with E-state index in [2.05, 4.69) is 107 Å². The Morgan fingerprint density at radius 1 is 0.474 bits per heavy atom. The van der Waals surface area contributed by atoms with Gasteiger partial charge in [-0.05, 0) is 42.0 Å². The molecule has 0 amide bonds. The third-order valence-corrected chi connectivity index (χ3v) is 7.42. The van der Waals surface area contributed by atoms with Gasteiger partial charge in [0.15, 0.2) is 5.82 Å². The van der Waals surface area contributed by atoms with Crippen LogP contribution in [0.1, 0.15) is 0 Å². The molecule has 0 atom stereocenters. The van der Waals surface area contributed by atoms with Gasteiger partial charge in [0.25, 0.3) is 0 Å². The molecule has 0 unspecified atom stereocenters. The molecular weight excluding hydrogens is 464 g/mol. The second kappa shape index (κ2) is 8.15. The zero-order chi connectivity index (χ0) is 25.1. The van der Waals surface area contributed by atoms with Crippen LogP contribution >= 0.6 is 0 Å². The van der Waals surface area contributed by atoms with Gasteiger partial charge < -0.3 is 9.55 Å². The molecule has 0 aliphatic carbocycles. The summed E-state index contributed by atoms with van der Waals surface area (Å²) in [5.74, 6) is 0.713. The first-order chi connectivity index (χ1) is 18.8. The summed E-state index contributed by atoms with van der Waals surface area (Å²) in [5, 5.41) is 4.98. The Morgan fingerprint density at radius 3 is 2.08 bits per heavy atom. The smallest absolute Gasteiger partial charge is 0.159 e. The number of fused-ring (bicyclic) bond motifs is 6. The molecule has 0 spiro atoms. The molecule has 8 rings (SSSR count). The van der Waals surface area contributed by atoms with Gasteiger partial charge >= 0.3 is 0 Å². The van der Waals surface area contributed by atoms with Gasteiger partial charge in [0, 0.05) is 61.8 Å². The number of H-pyrrole nitrogens is 1. The lowest BCUT2D eigenvalue weighted by atomic mass is 10.1. The first-order valence-corrected chi connectivity index (χ1v) is 12.8. The topological polar surface area (TPSA) is 46.5 Å². The average molecular weight is 487 g/mol. The zero-order valence-electron chi connectivity index (χ0n) is 20.5. The van der Waals surface area contributed by atoms with Crippen molar-refractivity contribution in [1.82, 2.24) is 19.5 Å². The van der Waals surface area contributed by atoms with E-state index in [4.69, 9.17) is 9.97 Å². The highest BCUT2D eigenvalue weighted by molar-refractivity contribution is 6.18. The molecule has 1 N–H and O–H groups in total. The summed E-state index contributed by atoms with van der Waals surface area (Å²) in [7, 11) is 0. The summed E-state index contributed by atoms with van der Waals surface area (Å²) in [6.07, 6.45) is 3.80. The van der Waals surface area contributed by atoms with Crippen molar-refractivity contribution >= 4 is 43.6 Å². The molecule has 0 radical (unpaired) electrons. The number of para-hydroxylation sites is 2. The van der Waals surface area contributed by atoms with Crippen molar-refractivity contribution in [2.75, 3.05) is 0 Å². The van der Waals surface area contributed by atoms with E-state index in [9.17, 15) is 0 Å². The lowest BCUT2D eigenvalue weighted by molar-refractivity contribution is 1.15. The number of rotatable bonds is 3. The van der Waals surface area contributed by atoms with Crippen LogP contribution in [0.5, 0.6) is 0 Å². The van der Waals surface area contributed by atoms with Crippen LogP contribution in [0.15, 0.2) is 128 Å². The van der Waals surface area contributed by atoms with E-state index in [0.29, 0.717) is 5.82 Å². The van der Waals surface area contributed by atoms with Crippen LogP contribution in [0.2, 0.25) is 0 Å². The summed E-state index contributed by atoms with van der Waals surface area (Å²) in [6.45, 7) is 0. The van der Waals surface area contributed by atoms with Crippen LogP contribution < -0.4 is 0 Å². The minimum absolute atomic E-state index is 0.713. The number of benzene rings is 5. The summed E-state index contributed by atoms with van der Waals surface area (Å²) in [5.41, 5.74) is 8.83. The molecule has 38 heavy (non-hydrogen) atoms. The predicted octanol–water partition coefficient (Wildman–Crippen LogP) is 8.54. The average Bonchev–Trinajstić information content (AvgIpc) is 3.51. The molecular formula is C34H22N4. The minimum Gasteiger partial charge on any atom is -0.354 e. The zero-order valence-corrected chi connectivity index (χ0v) is 20.5. The van der Waals surface area contributed by atoms with E-state index < -0.39 is 0 Å². The number of hydrogen-bond acceptors (Lipinski definition) is 2. The Hall–Kier alpha value is -5.22. The Labute approximate surface area is 218 Å². The highest BCUT2D eigenvalue weighted by Gasteiger charge is 2.16. The minimum atomic E-state index is 0.713. The Bertz CT molecular complexity index is 2120. The normalized spacial score (nSPS) is 11.7. The number of nitrogens with one attached hydrogen (secondary N) is 1. The second-order valence-corrected chi connectivity index (χ2v) is 9.65. The first kappa shape index (κ1) is 20.9. The van der Waals surface area contributed by atoms with Crippen LogP contribution in [0, 0.1) is 0 Å². The third-order valence-electron chi connectivity index (χ3n) is 7.42. The highest BCUT2D eigenvalue weighted by Crippen LogP contribution is 2.37. The van der Waals surface area contributed by atoms with E-state index in [1.54, 1.807) is 0 Å². The Morgan fingerprint density at radius 2 is 1.21 bits per heavy atom. The SMILES string of the molecule is c1ccc(-c2cnc(-c3cccc(-n4c5ccccc5c5cc6c(cc54)[nH]c4ccccc46)c3)nc2)cc1. The van der Waals surface area contributed by atoms with Gasteiger partial charge in [-0.25, -0.2) is 9.97 Å². The van der Waals surface area contributed by atoms with Gasteiger partial charge in [0.05, 0.1) is 11.0 Å². The number of nitrogens with zero attached hydrogens (tertiary/aromatic N) is 3. The molecule has 8 aromatic rings. The second-order valence-electron chi connectivity index (χ2n) is 9.65. The predicted molar refractivity (Wildman–Crippen MR) is 157 cm³/mol. The molecule has 0 saturated heterocycles. The molecule has 0 saturated carbocycles. The molecule has 0 bridgehead atoms. The van der Waals surface area contributed by atoms with Gasteiger partial charge in [-0.2, -0.15) is 0 Å². The molecule has 3 aromatic heterocycles. The number of hydrogen-bond donors (Lipinski definition) is 1. The molecule has 3 heterocycles. The van der Waals surface area contributed by atoms with Gasteiger partial charge in [-0.15, -0.1) is 0 Å². The maximum absolute atomic E-state index is 4.71. The quantitative estimate of drug-likeness (QED) is 0.272. The molecule has 178 valence electrons. The molecule has 0 aliphatic rings. The van der Waals surface area contributed by atoms with E-state index in [1.165, 1.54) is 32.6 Å². The third kappa shape index (κ3) is 3.17. The van der Waals surface area contributed by atoms with Crippen molar-refractivity contribution in [2.45, 2.75) is 0 Å². The van der Waals surface area contributed by atoms with Crippen molar-refractivity contribution in [3.8, 4) is 28.2 Å². The van der Waals surface area contributed by atoms with Crippen LogP contribution in [0.3, 0.4) is 0 Å². The van der Waals surface area contributed by atoms with Crippen LogP contribution in [-0.2, 0) is 0 Å². The summed E-state index contributed by atoms with van der Waals surface area (Å²) in [6, 6.07) is 40.5. The van der Waals surface area contributed by atoms with Gasteiger partial charge in [-0.1, -0.05) is 78.9 Å². The van der Waals surface area contributed by atoms with E-state index >= 15 is 0 Å². The van der Waals surface area contributed by atoms with Gasteiger partial charge in [0.1, 0.15) is 0 Å². The van der Waals surface area contributed by atoms with Crippen LogP contribution in [0.25, 0.3) is 71.8 Å². The van der Waals surface area contributed by atoms with Crippen molar-refractivity contribution in [1.29, 1.82) is 0 Å². The maximum atomic E-state index is 4.71. The summed E-state index contributed by atoms with van der Waals surface area (Å²) in [4.78, 5) is 13.0. The molecule has 4 heteroatoms. The van der Waals surface area contributed by atoms with E-state index in [1.807, 2.05) is 30.6 Å². The summed E-state index contributed by atoms with van der Waals surface area (Å²) < 4.78 is 2.34. The van der Waals surface area contributed by atoms with Gasteiger partial charge in [-0.3, -0.25) is 0 Å². The first-order valence-electron chi connectivity index (χ1n) is 12.8. The largest absolute Gasteiger partial charge is 0.354 e. The monoisotopic (exact) mass is 486 g/mol. The fraction of sp³-hybridized carbons (Fsp3) is 0. The number of aromatic amines is 1. The Kier molecular flexibility index (Phi) is 4.49. The summed E-state index contributed by atoms with van der Waals surface area (Å²) >= 11 is 0. The molecule has 5 aromatic carbocycles. The standard InChI is InChI=1S/C34H22N4/c1-2-9-22(10-3-1)24-20-35-34(36-21-24)23-11-8-12-25(17-23)38-32-16-7-5-14-27(32)29-18-28-26-13-4-6-15-30(26)37-31(28)19-33(29)38/h1-21,37H. The van der Waals surface area contributed by atoms with Crippen molar-refractivity contribution in [2.24, 2.45) is 0 Å².